The molecule has 0 aliphatic carbocycles. The highest BCUT2D eigenvalue weighted by Gasteiger charge is 2.18. The zero-order valence-corrected chi connectivity index (χ0v) is 15.5. The number of fused-ring (bicyclic) bond motifs is 1. The molecule has 0 saturated heterocycles. The summed E-state index contributed by atoms with van der Waals surface area (Å²) in [6.45, 7) is 3.64. The number of aromatic nitrogens is 1. The summed E-state index contributed by atoms with van der Waals surface area (Å²) in [5.74, 6) is 0.732. The van der Waals surface area contributed by atoms with Gasteiger partial charge in [0, 0.05) is 24.1 Å². The number of hydrogen-bond donors (Lipinski definition) is 1. The third-order valence-corrected chi connectivity index (χ3v) is 5.04. The number of nitrogens with one attached hydrogen (secondary N) is 1. The molecule has 0 aliphatic heterocycles. The Balaban J connectivity index is 1.99. The molecule has 5 nitrogen and oxygen atoms in total. The smallest absolute Gasteiger partial charge is 0.268 e. The first-order valence-corrected chi connectivity index (χ1v) is 8.94. The largest absolute Gasteiger partial charge is 0.496 e. The molecular weight excluding hydrogens is 336 g/mol. The van der Waals surface area contributed by atoms with Gasteiger partial charge in [0.15, 0.2) is 0 Å². The van der Waals surface area contributed by atoms with Crippen LogP contribution in [0.15, 0.2) is 36.4 Å². The molecule has 0 aliphatic rings. The summed E-state index contributed by atoms with van der Waals surface area (Å²) in [7, 11) is 3.28. The Morgan fingerprint density at radius 3 is 2.80 bits per heavy atom. The van der Waals surface area contributed by atoms with Gasteiger partial charge in [0.05, 0.1) is 30.5 Å². The van der Waals surface area contributed by atoms with E-state index < -0.39 is 0 Å². The van der Waals surface area contributed by atoms with E-state index in [0.717, 1.165) is 21.5 Å². The molecule has 1 aromatic carbocycles. The number of benzene rings is 1. The monoisotopic (exact) mass is 358 g/mol. The van der Waals surface area contributed by atoms with Gasteiger partial charge in [-0.3, -0.25) is 4.79 Å². The van der Waals surface area contributed by atoms with Gasteiger partial charge in [-0.1, -0.05) is 18.2 Å². The first kappa shape index (κ1) is 17.5. The molecule has 3 aromatic rings. The molecule has 0 fully saturated rings. The summed E-state index contributed by atoms with van der Waals surface area (Å²) in [6.07, 6.45) is 0. The van der Waals surface area contributed by atoms with Crippen LogP contribution in [0.25, 0.3) is 10.2 Å². The topological polar surface area (TPSA) is 52.5 Å². The van der Waals surface area contributed by atoms with Crippen molar-refractivity contribution >= 4 is 27.5 Å². The molecule has 0 radical (unpaired) electrons. The van der Waals surface area contributed by atoms with Gasteiger partial charge in [-0.15, -0.1) is 11.3 Å². The standard InChI is InChI=1S/C19H22N2O3S/c1-13-10-15-18(25-13)11-16(19(22)20-8-9-23-2)21(15)12-14-6-4-5-7-17(14)24-3/h4-7,10-11H,8-9,12H2,1-3H3,(H,20,22). The van der Waals surface area contributed by atoms with Crippen LogP contribution in [0.3, 0.4) is 0 Å². The van der Waals surface area contributed by atoms with Crippen molar-refractivity contribution < 1.29 is 14.3 Å². The van der Waals surface area contributed by atoms with Gasteiger partial charge in [-0.25, -0.2) is 0 Å². The molecule has 0 bridgehead atoms. The van der Waals surface area contributed by atoms with Crippen LogP contribution in [0.5, 0.6) is 5.75 Å². The van der Waals surface area contributed by atoms with Gasteiger partial charge in [0.25, 0.3) is 5.91 Å². The van der Waals surface area contributed by atoms with Gasteiger partial charge in [0.2, 0.25) is 0 Å². The van der Waals surface area contributed by atoms with Crippen LogP contribution >= 0.6 is 11.3 Å². The summed E-state index contributed by atoms with van der Waals surface area (Å²) in [5, 5.41) is 2.91. The summed E-state index contributed by atoms with van der Waals surface area (Å²) in [5.41, 5.74) is 2.77. The molecule has 132 valence electrons. The lowest BCUT2D eigenvalue weighted by Gasteiger charge is -2.13. The fourth-order valence-corrected chi connectivity index (χ4v) is 3.85. The number of carbonyl (C=O) groups excluding carboxylic acids is 1. The van der Waals surface area contributed by atoms with Crippen LogP contribution in [0, 0.1) is 6.92 Å². The lowest BCUT2D eigenvalue weighted by Crippen LogP contribution is -2.29. The van der Waals surface area contributed by atoms with E-state index in [-0.39, 0.29) is 5.91 Å². The van der Waals surface area contributed by atoms with E-state index in [1.54, 1.807) is 25.6 Å². The van der Waals surface area contributed by atoms with E-state index in [1.807, 2.05) is 30.3 Å². The summed E-state index contributed by atoms with van der Waals surface area (Å²) in [4.78, 5) is 13.9. The van der Waals surface area contributed by atoms with Gasteiger partial charge in [0.1, 0.15) is 11.4 Å². The van der Waals surface area contributed by atoms with Crippen molar-refractivity contribution in [1.82, 2.24) is 9.88 Å². The second-order valence-electron chi connectivity index (χ2n) is 5.78. The maximum absolute atomic E-state index is 12.6. The van der Waals surface area contributed by atoms with Gasteiger partial charge in [-0.05, 0) is 25.1 Å². The predicted molar refractivity (Wildman–Crippen MR) is 101 cm³/mol. The minimum atomic E-state index is -0.0898. The van der Waals surface area contributed by atoms with Crippen LogP contribution in [-0.4, -0.2) is 37.8 Å². The summed E-state index contributed by atoms with van der Waals surface area (Å²) in [6, 6.07) is 12.0. The predicted octanol–water partition coefficient (Wildman–Crippen LogP) is 3.44. The van der Waals surface area contributed by atoms with Crippen molar-refractivity contribution in [2.45, 2.75) is 13.5 Å². The lowest BCUT2D eigenvalue weighted by molar-refractivity contribution is 0.0928. The lowest BCUT2D eigenvalue weighted by atomic mass is 10.2. The Morgan fingerprint density at radius 2 is 2.04 bits per heavy atom. The zero-order chi connectivity index (χ0) is 17.8. The van der Waals surface area contributed by atoms with E-state index in [4.69, 9.17) is 9.47 Å². The summed E-state index contributed by atoms with van der Waals surface area (Å²) < 4.78 is 13.6. The number of nitrogens with zero attached hydrogens (tertiary/aromatic N) is 1. The fraction of sp³-hybridized carbons (Fsp3) is 0.316. The van der Waals surface area contributed by atoms with Crippen LogP contribution in [0.2, 0.25) is 0 Å². The van der Waals surface area contributed by atoms with Crippen LogP contribution in [0.4, 0.5) is 0 Å². The maximum atomic E-state index is 12.6. The third kappa shape index (κ3) is 3.70. The first-order chi connectivity index (χ1) is 12.1. The van der Waals surface area contributed by atoms with E-state index in [0.29, 0.717) is 25.4 Å². The molecule has 0 spiro atoms. The van der Waals surface area contributed by atoms with Crippen molar-refractivity contribution in [1.29, 1.82) is 0 Å². The number of rotatable bonds is 7. The van der Waals surface area contributed by atoms with Crippen LogP contribution < -0.4 is 10.1 Å². The molecule has 2 aromatic heterocycles. The number of amides is 1. The van der Waals surface area contributed by atoms with Crippen LogP contribution in [0.1, 0.15) is 20.9 Å². The van der Waals surface area contributed by atoms with Crippen molar-refractivity contribution in [2.24, 2.45) is 0 Å². The summed E-state index contributed by atoms with van der Waals surface area (Å²) >= 11 is 1.70. The number of aryl methyl sites for hydroxylation is 1. The highest BCUT2D eigenvalue weighted by atomic mass is 32.1. The third-order valence-electron chi connectivity index (χ3n) is 4.06. The molecule has 3 rings (SSSR count). The fourth-order valence-electron chi connectivity index (χ4n) is 2.88. The SMILES string of the molecule is COCCNC(=O)c1cc2sc(C)cc2n1Cc1ccccc1OC. The Bertz CT molecular complexity index is 882. The van der Waals surface area contributed by atoms with E-state index in [9.17, 15) is 4.79 Å². The second-order valence-corrected chi connectivity index (χ2v) is 7.07. The number of thiophene rings is 1. The zero-order valence-electron chi connectivity index (χ0n) is 14.7. The maximum Gasteiger partial charge on any atom is 0.268 e. The molecule has 1 amide bonds. The Hall–Kier alpha value is -2.31. The van der Waals surface area contributed by atoms with Crippen molar-refractivity contribution in [3.8, 4) is 5.75 Å². The van der Waals surface area contributed by atoms with Gasteiger partial charge >= 0.3 is 0 Å². The molecule has 0 unspecified atom stereocenters. The highest BCUT2D eigenvalue weighted by Crippen LogP contribution is 2.30. The van der Waals surface area contributed by atoms with E-state index >= 15 is 0 Å². The van der Waals surface area contributed by atoms with E-state index in [1.165, 1.54) is 4.88 Å². The Labute approximate surface area is 151 Å². The van der Waals surface area contributed by atoms with E-state index in [2.05, 4.69) is 22.9 Å². The molecule has 25 heavy (non-hydrogen) atoms. The Morgan fingerprint density at radius 1 is 1.24 bits per heavy atom. The minimum absolute atomic E-state index is 0.0898. The first-order valence-electron chi connectivity index (χ1n) is 8.12. The van der Waals surface area contributed by atoms with Crippen molar-refractivity contribution in [3.05, 3.63) is 52.5 Å². The molecule has 2 heterocycles. The van der Waals surface area contributed by atoms with Gasteiger partial charge < -0.3 is 19.4 Å². The molecule has 0 saturated carbocycles. The highest BCUT2D eigenvalue weighted by molar-refractivity contribution is 7.19. The average Bonchev–Trinajstić information content (AvgIpc) is 3.13. The normalized spacial score (nSPS) is 11.0. The molecule has 0 atom stereocenters. The molecular formula is C19H22N2O3S. The quantitative estimate of drug-likeness (QED) is 0.658. The van der Waals surface area contributed by atoms with Crippen molar-refractivity contribution in [3.63, 3.8) is 0 Å². The van der Waals surface area contributed by atoms with Gasteiger partial charge in [-0.2, -0.15) is 0 Å². The number of carbonyl (C=O) groups is 1. The number of methoxy groups -OCH3 is 2. The number of ether oxygens (including phenoxy) is 2. The molecule has 6 heteroatoms. The molecule has 1 N–H and O–H groups in total. The minimum Gasteiger partial charge on any atom is -0.496 e. The second kappa shape index (κ2) is 7.72. The average molecular weight is 358 g/mol. The Kier molecular flexibility index (Phi) is 5.40. The number of para-hydroxylation sites is 1. The number of hydrogen-bond acceptors (Lipinski definition) is 4. The van der Waals surface area contributed by atoms with Crippen molar-refractivity contribution in [2.75, 3.05) is 27.4 Å². The van der Waals surface area contributed by atoms with Crippen LogP contribution in [-0.2, 0) is 11.3 Å².